The molecule has 6 nitrogen and oxygen atoms in total. The van der Waals surface area contributed by atoms with E-state index in [9.17, 15) is 14.9 Å². The summed E-state index contributed by atoms with van der Waals surface area (Å²) in [6.45, 7) is 7.85. The van der Waals surface area contributed by atoms with Crippen molar-refractivity contribution >= 4 is 18.6 Å². The Morgan fingerprint density at radius 3 is 2.23 bits per heavy atom. The van der Waals surface area contributed by atoms with Crippen LogP contribution in [0.2, 0.25) is 0 Å². The summed E-state index contributed by atoms with van der Waals surface area (Å²) in [6, 6.07) is 4.59. The molecule has 1 aromatic rings. The zero-order chi connectivity index (χ0) is 17.1. The van der Waals surface area contributed by atoms with E-state index in [1.807, 2.05) is 0 Å². The second-order valence-electron chi connectivity index (χ2n) is 6.04. The zero-order valence-electron chi connectivity index (χ0n) is 13.8. The molecule has 0 atom stereocenters. The fraction of sp³-hybridized carbons (Fsp3) is 0.533. The minimum atomic E-state index is -1.26. The first-order valence-corrected chi connectivity index (χ1v) is 6.92. The maximum absolute atomic E-state index is 11.0. The number of benzene rings is 1. The van der Waals surface area contributed by atoms with Gasteiger partial charge in [-0.25, -0.2) is 0 Å². The first-order valence-electron chi connectivity index (χ1n) is 6.92. The highest BCUT2D eigenvalue weighted by molar-refractivity contribution is 6.60. The highest BCUT2D eigenvalue weighted by Gasteiger charge is 2.39. The highest BCUT2D eigenvalue weighted by Crippen LogP contribution is 2.27. The molecule has 0 fully saturated rings. The lowest BCUT2D eigenvalue weighted by Crippen LogP contribution is -2.53. The van der Waals surface area contributed by atoms with Gasteiger partial charge in [-0.05, 0) is 45.3 Å². The molecule has 0 heterocycles. The third kappa shape index (κ3) is 4.46. The molecule has 0 spiro atoms. The van der Waals surface area contributed by atoms with Gasteiger partial charge in [-0.15, -0.1) is 0 Å². The smallest absolute Gasteiger partial charge is 0.491 e. The number of aliphatic hydroxyl groups is 1. The van der Waals surface area contributed by atoms with Crippen molar-refractivity contribution in [2.24, 2.45) is 0 Å². The molecular weight excluding hydrogens is 287 g/mol. The van der Waals surface area contributed by atoms with Gasteiger partial charge in [-0.1, -0.05) is 6.07 Å². The Balaban J connectivity index is 3.00. The third-order valence-corrected chi connectivity index (χ3v) is 3.61. The molecule has 1 rings (SSSR count). The summed E-state index contributed by atoms with van der Waals surface area (Å²) in [5.74, 6) is 0.0927. The van der Waals surface area contributed by atoms with Crippen molar-refractivity contribution in [3.8, 4) is 11.5 Å². The standard InChI is InChI=1S/C15H23BO6/c1-10(17)21-12-8-7-11(9-13(12)20-6)16(19)22-15(4,5)14(2,3)18/h7-9,18-19H,1-6H3. The summed E-state index contributed by atoms with van der Waals surface area (Å²) in [7, 11) is 0.168. The molecule has 0 saturated heterocycles. The molecule has 0 aliphatic carbocycles. The van der Waals surface area contributed by atoms with Gasteiger partial charge in [0, 0.05) is 6.92 Å². The molecule has 0 amide bonds. The molecule has 7 heteroatoms. The van der Waals surface area contributed by atoms with Crippen LogP contribution in [0.15, 0.2) is 18.2 Å². The lowest BCUT2D eigenvalue weighted by atomic mass is 9.76. The first kappa shape index (κ1) is 18.5. The first-order chi connectivity index (χ1) is 9.98. The molecule has 2 N–H and O–H groups in total. The third-order valence-electron chi connectivity index (χ3n) is 3.61. The van der Waals surface area contributed by atoms with Gasteiger partial charge >= 0.3 is 13.1 Å². The van der Waals surface area contributed by atoms with E-state index in [2.05, 4.69) is 0 Å². The van der Waals surface area contributed by atoms with Gasteiger partial charge in [0.1, 0.15) is 0 Å². The Morgan fingerprint density at radius 2 is 1.77 bits per heavy atom. The van der Waals surface area contributed by atoms with Crippen LogP contribution < -0.4 is 14.9 Å². The number of carbonyl (C=O) groups excluding carboxylic acids is 1. The van der Waals surface area contributed by atoms with Crippen LogP contribution in [-0.2, 0) is 9.45 Å². The predicted molar refractivity (Wildman–Crippen MR) is 83.4 cm³/mol. The molecule has 0 bridgehead atoms. The normalized spacial score (nSPS) is 12.0. The van der Waals surface area contributed by atoms with Gasteiger partial charge < -0.3 is 24.3 Å². The van der Waals surface area contributed by atoms with Gasteiger partial charge in [0.05, 0.1) is 18.3 Å². The van der Waals surface area contributed by atoms with Gasteiger partial charge in [0.25, 0.3) is 0 Å². The van der Waals surface area contributed by atoms with Crippen LogP contribution in [0.25, 0.3) is 0 Å². The zero-order valence-corrected chi connectivity index (χ0v) is 13.8. The number of hydrogen-bond acceptors (Lipinski definition) is 6. The minimum Gasteiger partial charge on any atom is -0.493 e. The molecule has 0 radical (unpaired) electrons. The summed E-state index contributed by atoms with van der Waals surface area (Å²) >= 11 is 0. The lowest BCUT2D eigenvalue weighted by molar-refractivity contribution is -0.132. The van der Waals surface area contributed by atoms with Crippen LogP contribution in [0.4, 0.5) is 0 Å². The van der Waals surface area contributed by atoms with Crippen molar-refractivity contribution < 1.29 is 29.1 Å². The van der Waals surface area contributed by atoms with Crippen molar-refractivity contribution in [3.63, 3.8) is 0 Å². The number of ether oxygens (including phenoxy) is 2. The summed E-state index contributed by atoms with van der Waals surface area (Å²) in [5, 5.41) is 20.3. The van der Waals surface area contributed by atoms with Crippen LogP contribution in [0.5, 0.6) is 11.5 Å². The molecule has 0 unspecified atom stereocenters. The maximum Gasteiger partial charge on any atom is 0.491 e. The van der Waals surface area contributed by atoms with Crippen LogP contribution in [0.3, 0.4) is 0 Å². The van der Waals surface area contributed by atoms with Crippen LogP contribution in [-0.4, -0.2) is 41.5 Å². The summed E-state index contributed by atoms with van der Waals surface area (Å²) in [6.07, 6.45) is 0. The average Bonchev–Trinajstić information content (AvgIpc) is 2.36. The Morgan fingerprint density at radius 1 is 1.18 bits per heavy atom. The Kier molecular flexibility index (Phi) is 5.62. The van der Waals surface area contributed by atoms with Gasteiger partial charge in [-0.3, -0.25) is 4.79 Å². The van der Waals surface area contributed by atoms with Crippen LogP contribution in [0, 0.1) is 0 Å². The van der Waals surface area contributed by atoms with Gasteiger partial charge in [-0.2, -0.15) is 0 Å². The second kappa shape index (κ2) is 6.68. The molecule has 0 aliphatic heterocycles. The number of esters is 1. The van der Waals surface area contributed by atoms with Gasteiger partial charge in [0.2, 0.25) is 0 Å². The minimum absolute atomic E-state index is 0.257. The van der Waals surface area contributed by atoms with Crippen molar-refractivity contribution in [1.29, 1.82) is 0 Å². The lowest BCUT2D eigenvalue weighted by Gasteiger charge is -2.38. The van der Waals surface area contributed by atoms with E-state index in [1.165, 1.54) is 26.2 Å². The summed E-state index contributed by atoms with van der Waals surface area (Å²) < 4.78 is 15.7. The van der Waals surface area contributed by atoms with Crippen LogP contribution >= 0.6 is 0 Å². The SMILES string of the molecule is COc1cc(B(O)OC(C)(C)C(C)(C)O)ccc1OC(C)=O. The van der Waals surface area contributed by atoms with Gasteiger partial charge in [0.15, 0.2) is 11.5 Å². The predicted octanol–water partition coefficient (Wildman–Crippen LogP) is 0.874. The topological polar surface area (TPSA) is 85.2 Å². The van der Waals surface area contributed by atoms with E-state index < -0.39 is 24.3 Å². The van der Waals surface area contributed by atoms with Crippen molar-refractivity contribution in [3.05, 3.63) is 18.2 Å². The molecule has 1 aromatic carbocycles. The fourth-order valence-corrected chi connectivity index (χ4v) is 1.57. The van der Waals surface area contributed by atoms with Crippen LogP contribution in [0.1, 0.15) is 34.6 Å². The Labute approximate surface area is 131 Å². The Hall–Kier alpha value is -1.57. The molecule has 122 valence electrons. The maximum atomic E-state index is 11.0. The van der Waals surface area contributed by atoms with E-state index in [0.717, 1.165) is 0 Å². The molecule has 22 heavy (non-hydrogen) atoms. The average molecular weight is 310 g/mol. The molecular formula is C15H23BO6. The number of methoxy groups -OCH3 is 1. The van der Waals surface area contributed by atoms with E-state index >= 15 is 0 Å². The van der Waals surface area contributed by atoms with Crippen molar-refractivity contribution in [1.82, 2.24) is 0 Å². The van der Waals surface area contributed by atoms with E-state index in [4.69, 9.17) is 14.1 Å². The Bertz CT molecular complexity index is 535. The van der Waals surface area contributed by atoms with E-state index in [-0.39, 0.29) is 5.75 Å². The molecule has 0 saturated carbocycles. The number of rotatable bonds is 6. The summed E-state index contributed by atoms with van der Waals surface area (Å²) in [5.41, 5.74) is -1.70. The van der Waals surface area contributed by atoms with Crippen molar-refractivity contribution in [2.75, 3.05) is 7.11 Å². The molecule has 0 aromatic heterocycles. The number of carbonyl (C=O) groups is 1. The molecule has 0 aliphatic rings. The van der Waals surface area contributed by atoms with E-state index in [1.54, 1.807) is 33.8 Å². The summed E-state index contributed by atoms with van der Waals surface area (Å²) in [4.78, 5) is 11.0. The van der Waals surface area contributed by atoms with Crippen molar-refractivity contribution in [2.45, 2.75) is 45.8 Å². The fourth-order valence-electron chi connectivity index (χ4n) is 1.57. The second-order valence-corrected chi connectivity index (χ2v) is 6.04. The quantitative estimate of drug-likeness (QED) is 0.461. The highest BCUT2D eigenvalue weighted by atomic mass is 16.6. The largest absolute Gasteiger partial charge is 0.493 e. The monoisotopic (exact) mass is 310 g/mol. The number of hydrogen-bond donors (Lipinski definition) is 2. The van der Waals surface area contributed by atoms with E-state index in [0.29, 0.717) is 11.2 Å².